The van der Waals surface area contributed by atoms with Gasteiger partial charge in [0, 0.05) is 18.2 Å². The van der Waals surface area contributed by atoms with Crippen LogP contribution in [0.15, 0.2) is 24.3 Å². The molecule has 0 spiro atoms. The summed E-state index contributed by atoms with van der Waals surface area (Å²) in [5.41, 5.74) is 2.39. The molecule has 1 heterocycles. The number of carbonyl (C=O) groups excluding carboxylic acids is 1. The van der Waals surface area contributed by atoms with Crippen LogP contribution in [0.4, 0.5) is 5.69 Å². The lowest BCUT2D eigenvalue weighted by Crippen LogP contribution is -2.40. The molecule has 0 aromatic heterocycles. The molecule has 0 amide bonds. The fraction of sp³-hybridized carbons (Fsp3) is 0.417. The Kier molecular flexibility index (Phi) is 2.28. The predicted molar refractivity (Wildman–Crippen MR) is 57.6 cm³/mol. The van der Waals surface area contributed by atoms with E-state index in [1.54, 1.807) is 0 Å². The van der Waals surface area contributed by atoms with Crippen molar-refractivity contribution in [2.45, 2.75) is 26.3 Å². The highest BCUT2D eigenvalue weighted by Gasteiger charge is 2.23. The number of Topliss-reactive ketones (excluding diaryl/α,β-unsaturated/α-hetero) is 1. The monoisotopic (exact) mass is 189 g/mol. The fourth-order valence-corrected chi connectivity index (χ4v) is 1.94. The summed E-state index contributed by atoms with van der Waals surface area (Å²) in [6.07, 6.45) is 0.597. The molecule has 0 saturated heterocycles. The van der Waals surface area contributed by atoms with Crippen molar-refractivity contribution in [3.63, 3.8) is 0 Å². The first-order valence-electron chi connectivity index (χ1n) is 5.04. The number of nitrogens with zero attached hydrogens (tertiary/aromatic N) is 1. The first-order valence-corrected chi connectivity index (χ1v) is 5.04. The molecule has 0 radical (unpaired) electrons. The largest absolute Gasteiger partial charge is 0.362 e. The maximum atomic E-state index is 11.5. The van der Waals surface area contributed by atoms with Gasteiger partial charge in [-0.2, -0.15) is 0 Å². The summed E-state index contributed by atoms with van der Waals surface area (Å²) in [5, 5.41) is 0. The molecule has 0 N–H and O–H groups in total. The molecule has 14 heavy (non-hydrogen) atoms. The number of fused-ring (bicyclic) bond motifs is 1. The van der Waals surface area contributed by atoms with Crippen LogP contribution < -0.4 is 4.90 Å². The van der Waals surface area contributed by atoms with Crippen LogP contribution in [-0.4, -0.2) is 18.4 Å². The summed E-state index contributed by atoms with van der Waals surface area (Å²) in [4.78, 5) is 13.7. The van der Waals surface area contributed by atoms with E-state index in [4.69, 9.17) is 0 Å². The van der Waals surface area contributed by atoms with Crippen molar-refractivity contribution in [3.05, 3.63) is 29.8 Å². The third-order valence-electron chi connectivity index (χ3n) is 2.66. The van der Waals surface area contributed by atoms with E-state index < -0.39 is 0 Å². The number of rotatable bonds is 1. The molecule has 0 unspecified atom stereocenters. The molecule has 2 nitrogen and oxygen atoms in total. The quantitative estimate of drug-likeness (QED) is 0.673. The Morgan fingerprint density at radius 1 is 1.29 bits per heavy atom. The summed E-state index contributed by atoms with van der Waals surface area (Å²) in [7, 11) is 0. The average molecular weight is 189 g/mol. The Hall–Kier alpha value is -1.31. The molecular weight excluding hydrogens is 174 g/mol. The fourth-order valence-electron chi connectivity index (χ4n) is 1.94. The maximum absolute atomic E-state index is 11.5. The number of anilines is 1. The second kappa shape index (κ2) is 3.45. The van der Waals surface area contributed by atoms with Crippen LogP contribution >= 0.6 is 0 Å². The zero-order chi connectivity index (χ0) is 10.1. The number of para-hydroxylation sites is 1. The highest BCUT2D eigenvalue weighted by atomic mass is 16.1. The summed E-state index contributed by atoms with van der Waals surface area (Å²) in [5.74, 6) is 0.317. The molecule has 1 aliphatic rings. The van der Waals surface area contributed by atoms with Gasteiger partial charge in [-0.1, -0.05) is 18.2 Å². The lowest BCUT2D eigenvalue weighted by molar-refractivity contribution is -0.117. The summed E-state index contributed by atoms with van der Waals surface area (Å²) >= 11 is 0. The van der Waals surface area contributed by atoms with E-state index in [0.717, 1.165) is 5.56 Å². The van der Waals surface area contributed by atoms with Crippen molar-refractivity contribution in [1.82, 2.24) is 0 Å². The van der Waals surface area contributed by atoms with Crippen molar-refractivity contribution < 1.29 is 4.79 Å². The molecule has 1 aromatic rings. The van der Waals surface area contributed by atoms with E-state index in [2.05, 4.69) is 24.8 Å². The van der Waals surface area contributed by atoms with Crippen molar-refractivity contribution in [3.8, 4) is 0 Å². The average Bonchev–Trinajstić information content (AvgIpc) is 2.16. The Labute approximate surface area is 84.5 Å². The van der Waals surface area contributed by atoms with Crippen molar-refractivity contribution in [2.24, 2.45) is 0 Å². The summed E-state index contributed by atoms with van der Waals surface area (Å²) in [6.45, 7) is 4.81. The Morgan fingerprint density at radius 2 is 2.00 bits per heavy atom. The van der Waals surface area contributed by atoms with E-state index in [9.17, 15) is 4.79 Å². The molecular formula is C12H15NO. The van der Waals surface area contributed by atoms with Crippen LogP contribution in [0.1, 0.15) is 19.4 Å². The normalized spacial score (nSPS) is 15.9. The molecule has 1 aromatic carbocycles. The Balaban J connectivity index is 2.43. The van der Waals surface area contributed by atoms with Crippen LogP contribution in [0.2, 0.25) is 0 Å². The number of hydrogen-bond acceptors (Lipinski definition) is 2. The van der Waals surface area contributed by atoms with Gasteiger partial charge in [0.05, 0.1) is 6.54 Å². The molecule has 1 aliphatic heterocycles. The molecule has 74 valence electrons. The van der Waals surface area contributed by atoms with Gasteiger partial charge < -0.3 is 4.90 Å². The van der Waals surface area contributed by atoms with Crippen LogP contribution in [0, 0.1) is 0 Å². The van der Waals surface area contributed by atoms with E-state index in [1.165, 1.54) is 5.69 Å². The van der Waals surface area contributed by atoms with Gasteiger partial charge in [-0.15, -0.1) is 0 Å². The third-order valence-corrected chi connectivity index (χ3v) is 2.66. The minimum atomic E-state index is 0.317. The number of hydrogen-bond donors (Lipinski definition) is 0. The highest BCUT2D eigenvalue weighted by Crippen LogP contribution is 2.26. The first-order chi connectivity index (χ1) is 6.68. The second-order valence-corrected chi connectivity index (χ2v) is 4.07. The zero-order valence-electron chi connectivity index (χ0n) is 8.66. The lowest BCUT2D eigenvalue weighted by atomic mass is 10.00. The second-order valence-electron chi connectivity index (χ2n) is 4.07. The highest BCUT2D eigenvalue weighted by molar-refractivity contribution is 5.90. The van der Waals surface area contributed by atoms with E-state index in [-0.39, 0.29) is 0 Å². The van der Waals surface area contributed by atoms with Gasteiger partial charge in [0.15, 0.2) is 5.78 Å². The van der Waals surface area contributed by atoms with Gasteiger partial charge in [-0.3, -0.25) is 4.79 Å². The molecule has 0 saturated carbocycles. The Morgan fingerprint density at radius 3 is 2.71 bits per heavy atom. The summed E-state index contributed by atoms with van der Waals surface area (Å²) in [6, 6.07) is 8.56. The molecule has 0 bridgehead atoms. The van der Waals surface area contributed by atoms with Crippen molar-refractivity contribution in [1.29, 1.82) is 0 Å². The van der Waals surface area contributed by atoms with Crippen LogP contribution in [-0.2, 0) is 11.2 Å². The zero-order valence-corrected chi connectivity index (χ0v) is 8.66. The lowest BCUT2D eigenvalue weighted by Gasteiger charge is -2.33. The van der Waals surface area contributed by atoms with Gasteiger partial charge >= 0.3 is 0 Å². The van der Waals surface area contributed by atoms with Gasteiger partial charge in [0.25, 0.3) is 0 Å². The minimum Gasteiger partial charge on any atom is -0.362 e. The molecule has 0 aliphatic carbocycles. The third kappa shape index (κ3) is 1.52. The number of ketones is 1. The number of carbonyl (C=O) groups is 1. The predicted octanol–water partition coefficient (Wildman–Crippen LogP) is 2.03. The topological polar surface area (TPSA) is 20.3 Å². The van der Waals surface area contributed by atoms with E-state index in [0.29, 0.717) is 24.8 Å². The maximum Gasteiger partial charge on any atom is 0.156 e. The van der Waals surface area contributed by atoms with E-state index in [1.807, 2.05) is 18.2 Å². The standard InChI is InChI=1S/C12H15NO/c1-9(2)13-8-11(14)7-10-5-3-4-6-12(10)13/h3-6,9H,7-8H2,1-2H3. The van der Waals surface area contributed by atoms with E-state index >= 15 is 0 Å². The SMILES string of the molecule is CC(C)N1CC(=O)Cc2ccccc21. The minimum absolute atomic E-state index is 0.317. The Bertz CT molecular complexity index is 357. The van der Waals surface area contributed by atoms with Gasteiger partial charge in [0.1, 0.15) is 0 Å². The van der Waals surface area contributed by atoms with Crippen LogP contribution in [0.25, 0.3) is 0 Å². The molecule has 0 fully saturated rings. The molecule has 2 heteroatoms. The van der Waals surface area contributed by atoms with Gasteiger partial charge in [0.2, 0.25) is 0 Å². The van der Waals surface area contributed by atoms with Gasteiger partial charge in [-0.25, -0.2) is 0 Å². The molecule has 0 atom stereocenters. The van der Waals surface area contributed by atoms with Gasteiger partial charge in [-0.05, 0) is 25.5 Å². The van der Waals surface area contributed by atoms with Crippen molar-refractivity contribution in [2.75, 3.05) is 11.4 Å². The van der Waals surface area contributed by atoms with Crippen LogP contribution in [0.5, 0.6) is 0 Å². The van der Waals surface area contributed by atoms with Crippen molar-refractivity contribution >= 4 is 11.5 Å². The summed E-state index contributed by atoms with van der Waals surface area (Å²) < 4.78 is 0. The number of benzene rings is 1. The molecule has 2 rings (SSSR count). The smallest absolute Gasteiger partial charge is 0.156 e. The van der Waals surface area contributed by atoms with Crippen LogP contribution in [0.3, 0.4) is 0 Å². The first kappa shape index (κ1) is 9.25.